The topological polar surface area (TPSA) is 106 Å². The van der Waals surface area contributed by atoms with Gasteiger partial charge in [0.05, 0.1) is 17.7 Å². The lowest BCUT2D eigenvalue weighted by Gasteiger charge is -2.27. The van der Waals surface area contributed by atoms with Crippen LogP contribution in [0.4, 0.5) is 0 Å². The Bertz CT molecular complexity index is 772. The van der Waals surface area contributed by atoms with Gasteiger partial charge in [0, 0.05) is 11.5 Å². The summed E-state index contributed by atoms with van der Waals surface area (Å²) in [6, 6.07) is 9.36. The summed E-state index contributed by atoms with van der Waals surface area (Å²) in [6.45, 7) is 6.80. The lowest BCUT2D eigenvalue weighted by molar-refractivity contribution is -0.153. The normalized spacial score (nSPS) is 27.6. The highest BCUT2D eigenvalue weighted by Gasteiger charge is 2.46. The molecule has 1 aromatic rings. The number of carbonyl (C=O) groups is 1. The molecule has 0 bridgehead atoms. The molecule has 0 amide bonds. The fourth-order valence-corrected chi connectivity index (χ4v) is 4.04. The van der Waals surface area contributed by atoms with E-state index >= 15 is 0 Å². The molecule has 0 aromatic heterocycles. The zero-order valence-corrected chi connectivity index (χ0v) is 18.0. The molecule has 8 nitrogen and oxygen atoms in total. The smallest absolute Gasteiger partial charge is 0.457 e. The van der Waals surface area contributed by atoms with Gasteiger partial charge in [-0.2, -0.15) is 0 Å². The third-order valence-corrected chi connectivity index (χ3v) is 6.14. The molecule has 2 saturated heterocycles. The van der Waals surface area contributed by atoms with Crippen LogP contribution < -0.4 is 5.32 Å². The number of azide groups is 1. The second kappa shape index (κ2) is 9.83. The molecule has 1 N–H and O–H groups in total. The van der Waals surface area contributed by atoms with Gasteiger partial charge >= 0.3 is 13.1 Å². The van der Waals surface area contributed by atoms with Crippen molar-refractivity contribution in [2.75, 3.05) is 6.54 Å². The number of carbonyl (C=O) groups excluding carboxylic acids is 1. The van der Waals surface area contributed by atoms with Crippen LogP contribution >= 0.6 is 0 Å². The van der Waals surface area contributed by atoms with Gasteiger partial charge in [-0.3, -0.25) is 4.79 Å². The fourth-order valence-electron chi connectivity index (χ4n) is 4.04. The first kappa shape index (κ1) is 22.6. The summed E-state index contributed by atoms with van der Waals surface area (Å²) in [7, 11) is -0.205. The zero-order valence-electron chi connectivity index (χ0n) is 18.0. The lowest BCUT2D eigenvalue weighted by atomic mass is 9.80. The average molecular weight is 414 g/mol. The molecular formula is C21H31BN4O4. The van der Waals surface area contributed by atoms with Crippen LogP contribution in [0.5, 0.6) is 0 Å². The van der Waals surface area contributed by atoms with Gasteiger partial charge in [-0.25, -0.2) is 0 Å². The molecule has 2 fully saturated rings. The molecule has 2 aliphatic heterocycles. The molecule has 0 aliphatic carbocycles. The molecule has 9 heteroatoms. The van der Waals surface area contributed by atoms with Crippen LogP contribution in [-0.2, 0) is 25.4 Å². The van der Waals surface area contributed by atoms with Crippen molar-refractivity contribution in [1.29, 1.82) is 0 Å². The lowest BCUT2D eigenvalue weighted by Crippen LogP contribution is -2.48. The second-order valence-electron chi connectivity index (χ2n) is 8.76. The van der Waals surface area contributed by atoms with E-state index in [0.29, 0.717) is 19.4 Å². The summed E-state index contributed by atoms with van der Waals surface area (Å²) in [5, 5.41) is 7.09. The molecular weight excluding hydrogens is 383 g/mol. The fraction of sp³-hybridized carbons (Fsp3) is 0.667. The van der Waals surface area contributed by atoms with Crippen molar-refractivity contribution in [3.05, 3.63) is 46.3 Å². The van der Waals surface area contributed by atoms with E-state index in [4.69, 9.17) is 19.6 Å². The SMILES string of the molecule is CC1OB(CCCCC2(C(=O)OCc3ccccc3)CC(N=[N+]=[N-])CN2)OC1(C)C. The van der Waals surface area contributed by atoms with Crippen LogP contribution in [0.1, 0.15) is 52.0 Å². The number of nitrogens with zero attached hydrogens (tertiary/aromatic N) is 3. The summed E-state index contributed by atoms with van der Waals surface area (Å²) < 4.78 is 17.5. The van der Waals surface area contributed by atoms with Crippen LogP contribution in [-0.4, -0.2) is 42.9 Å². The van der Waals surface area contributed by atoms with E-state index in [-0.39, 0.29) is 37.4 Å². The minimum atomic E-state index is -0.822. The number of hydrogen-bond acceptors (Lipinski definition) is 6. The Kier molecular flexibility index (Phi) is 7.42. The standard InChI is InChI=1S/C21H31BN4O4/c1-16-20(2,3)30-22(29-16)12-8-7-11-21(13-18(14-24-21)25-26-23)19(27)28-15-17-9-5-4-6-10-17/h4-6,9-10,16,18,24H,7-8,11-15H2,1-3H3. The van der Waals surface area contributed by atoms with E-state index in [2.05, 4.69) is 15.3 Å². The first-order valence-electron chi connectivity index (χ1n) is 10.7. The Balaban J connectivity index is 1.54. The Morgan fingerprint density at radius 1 is 1.37 bits per heavy atom. The van der Waals surface area contributed by atoms with Gasteiger partial charge in [0.15, 0.2) is 0 Å². The molecule has 3 unspecified atom stereocenters. The van der Waals surface area contributed by atoms with Crippen molar-refractivity contribution in [2.45, 2.75) is 82.7 Å². The molecule has 0 spiro atoms. The Labute approximate surface area is 178 Å². The molecule has 0 radical (unpaired) electrons. The van der Waals surface area contributed by atoms with E-state index in [1.165, 1.54) is 0 Å². The summed E-state index contributed by atoms with van der Waals surface area (Å²) in [5.41, 5.74) is 8.62. The first-order valence-corrected chi connectivity index (χ1v) is 10.7. The van der Waals surface area contributed by atoms with Crippen LogP contribution in [0.15, 0.2) is 35.4 Å². The number of hydrogen-bond donors (Lipinski definition) is 1. The number of nitrogens with one attached hydrogen (secondary N) is 1. The maximum Gasteiger partial charge on any atom is 0.457 e. The van der Waals surface area contributed by atoms with Crippen molar-refractivity contribution in [3.63, 3.8) is 0 Å². The van der Waals surface area contributed by atoms with Gasteiger partial charge in [-0.1, -0.05) is 48.3 Å². The largest absolute Gasteiger partial charge is 0.459 e. The summed E-state index contributed by atoms with van der Waals surface area (Å²) >= 11 is 0. The highest BCUT2D eigenvalue weighted by Crippen LogP contribution is 2.32. The van der Waals surface area contributed by atoms with Crippen molar-refractivity contribution >= 4 is 13.1 Å². The minimum Gasteiger partial charge on any atom is -0.459 e. The van der Waals surface area contributed by atoms with Crippen molar-refractivity contribution < 1.29 is 18.8 Å². The predicted octanol–water partition coefficient (Wildman–Crippen LogP) is 4.01. The maximum absolute atomic E-state index is 13.0. The van der Waals surface area contributed by atoms with E-state index in [0.717, 1.165) is 24.7 Å². The maximum atomic E-state index is 13.0. The number of ether oxygens (including phenoxy) is 1. The van der Waals surface area contributed by atoms with Gasteiger partial charge < -0.3 is 19.4 Å². The highest BCUT2D eigenvalue weighted by atomic mass is 16.7. The van der Waals surface area contributed by atoms with Gasteiger partial charge in [-0.05, 0) is 51.0 Å². The summed E-state index contributed by atoms with van der Waals surface area (Å²) in [6.07, 6.45) is 3.59. The van der Waals surface area contributed by atoms with Gasteiger partial charge in [0.2, 0.25) is 0 Å². The number of esters is 1. The van der Waals surface area contributed by atoms with Crippen LogP contribution in [0.2, 0.25) is 6.32 Å². The Morgan fingerprint density at radius 2 is 2.13 bits per heavy atom. The van der Waals surface area contributed by atoms with Crippen LogP contribution in [0.3, 0.4) is 0 Å². The Hall–Kier alpha value is -2.06. The van der Waals surface area contributed by atoms with Crippen molar-refractivity contribution in [2.24, 2.45) is 5.11 Å². The molecule has 1 aromatic carbocycles. The van der Waals surface area contributed by atoms with E-state index in [1.807, 2.05) is 51.1 Å². The Morgan fingerprint density at radius 3 is 2.80 bits per heavy atom. The van der Waals surface area contributed by atoms with Gasteiger partial charge in [0.25, 0.3) is 0 Å². The monoisotopic (exact) mass is 414 g/mol. The molecule has 3 atom stereocenters. The van der Waals surface area contributed by atoms with Crippen molar-refractivity contribution in [3.8, 4) is 0 Å². The van der Waals surface area contributed by atoms with E-state index in [1.54, 1.807) is 0 Å². The third kappa shape index (κ3) is 5.55. The number of rotatable bonds is 9. The molecule has 2 aliphatic rings. The van der Waals surface area contributed by atoms with E-state index in [9.17, 15) is 4.79 Å². The molecule has 3 rings (SSSR count). The molecule has 0 saturated carbocycles. The van der Waals surface area contributed by atoms with Gasteiger partial charge in [-0.15, -0.1) is 0 Å². The second-order valence-corrected chi connectivity index (χ2v) is 8.76. The minimum absolute atomic E-state index is 0.0582. The number of benzene rings is 1. The quantitative estimate of drug-likeness (QED) is 0.164. The van der Waals surface area contributed by atoms with Crippen LogP contribution in [0.25, 0.3) is 10.4 Å². The number of unbranched alkanes of at least 4 members (excludes halogenated alkanes) is 1. The highest BCUT2D eigenvalue weighted by molar-refractivity contribution is 6.45. The van der Waals surface area contributed by atoms with E-state index < -0.39 is 5.54 Å². The summed E-state index contributed by atoms with van der Waals surface area (Å²) in [4.78, 5) is 15.9. The average Bonchev–Trinajstić information content (AvgIpc) is 3.25. The van der Waals surface area contributed by atoms with Gasteiger partial charge in [0.1, 0.15) is 12.1 Å². The molecule has 2 heterocycles. The molecule has 30 heavy (non-hydrogen) atoms. The zero-order chi connectivity index (χ0) is 21.6. The van der Waals surface area contributed by atoms with Crippen LogP contribution in [0, 0.1) is 0 Å². The predicted molar refractivity (Wildman–Crippen MR) is 115 cm³/mol. The van der Waals surface area contributed by atoms with Crippen molar-refractivity contribution in [1.82, 2.24) is 5.32 Å². The molecule has 162 valence electrons. The third-order valence-electron chi connectivity index (χ3n) is 6.14. The summed E-state index contributed by atoms with van der Waals surface area (Å²) in [5.74, 6) is -0.287. The first-order chi connectivity index (χ1) is 14.3.